The Labute approximate surface area is 142 Å². The van der Waals surface area contributed by atoms with E-state index in [1.807, 2.05) is 24.3 Å². The van der Waals surface area contributed by atoms with Crippen LogP contribution in [-0.2, 0) is 14.3 Å². The van der Waals surface area contributed by atoms with Crippen LogP contribution in [0.15, 0.2) is 57.6 Å². The minimum Gasteiger partial charge on any atom is -0.469 e. The van der Waals surface area contributed by atoms with Gasteiger partial charge in [-0.2, -0.15) is 0 Å². The maximum atomic E-state index is 12.1. The van der Waals surface area contributed by atoms with Crippen molar-refractivity contribution in [1.82, 2.24) is 5.32 Å². The predicted molar refractivity (Wildman–Crippen MR) is 89.4 cm³/mol. The Kier molecular flexibility index (Phi) is 6.17. The van der Waals surface area contributed by atoms with Crippen molar-refractivity contribution >= 4 is 33.9 Å². The van der Waals surface area contributed by atoms with Gasteiger partial charge in [0.1, 0.15) is 5.76 Å². The van der Waals surface area contributed by atoms with E-state index >= 15 is 0 Å². The van der Waals surface area contributed by atoms with Crippen molar-refractivity contribution in [3.05, 3.63) is 64.5 Å². The normalized spacial score (nSPS) is 12.1. The van der Waals surface area contributed by atoms with E-state index in [4.69, 9.17) is 9.15 Å². The van der Waals surface area contributed by atoms with Gasteiger partial charge in [0.2, 0.25) is 5.91 Å². The molecule has 1 aromatic heterocycles. The second kappa shape index (κ2) is 8.33. The molecule has 0 bridgehead atoms. The lowest BCUT2D eigenvalue weighted by atomic mass is 10.0. The van der Waals surface area contributed by atoms with E-state index in [0.29, 0.717) is 5.76 Å². The van der Waals surface area contributed by atoms with Crippen LogP contribution >= 0.6 is 15.9 Å². The monoisotopic (exact) mass is 377 g/mol. The van der Waals surface area contributed by atoms with Crippen molar-refractivity contribution in [3.8, 4) is 0 Å². The number of carbonyl (C=O) groups excluding carboxylic acids is 2. The van der Waals surface area contributed by atoms with Gasteiger partial charge in [-0.1, -0.05) is 28.1 Å². The van der Waals surface area contributed by atoms with Gasteiger partial charge in [0.25, 0.3) is 0 Å². The largest absolute Gasteiger partial charge is 0.469 e. The summed E-state index contributed by atoms with van der Waals surface area (Å²) >= 11 is 3.36. The second-order valence-electron chi connectivity index (χ2n) is 4.74. The molecule has 2 rings (SSSR count). The molecule has 0 radical (unpaired) electrons. The Morgan fingerprint density at radius 3 is 2.65 bits per heavy atom. The Morgan fingerprint density at radius 2 is 2.04 bits per heavy atom. The third-order valence-corrected chi connectivity index (χ3v) is 3.66. The number of carbonyl (C=O) groups is 2. The molecule has 1 unspecified atom stereocenters. The van der Waals surface area contributed by atoms with Crippen molar-refractivity contribution < 1.29 is 18.7 Å². The lowest BCUT2D eigenvalue weighted by molar-refractivity contribution is -0.141. The highest BCUT2D eigenvalue weighted by molar-refractivity contribution is 9.10. The number of esters is 1. The van der Waals surface area contributed by atoms with E-state index in [0.717, 1.165) is 10.0 Å². The van der Waals surface area contributed by atoms with Crippen molar-refractivity contribution in [2.24, 2.45) is 0 Å². The topological polar surface area (TPSA) is 68.5 Å². The first-order valence-electron chi connectivity index (χ1n) is 6.93. The third kappa shape index (κ3) is 5.41. The molecule has 23 heavy (non-hydrogen) atoms. The Balaban J connectivity index is 2.08. The van der Waals surface area contributed by atoms with Gasteiger partial charge in [-0.05, 0) is 35.9 Å². The molecule has 1 atom stereocenters. The van der Waals surface area contributed by atoms with Gasteiger partial charge in [-0.3, -0.25) is 9.59 Å². The van der Waals surface area contributed by atoms with E-state index in [9.17, 15) is 9.59 Å². The molecule has 1 heterocycles. The van der Waals surface area contributed by atoms with Crippen LogP contribution in [0, 0.1) is 0 Å². The second-order valence-corrected chi connectivity index (χ2v) is 5.66. The van der Waals surface area contributed by atoms with Crippen LogP contribution in [0.3, 0.4) is 0 Å². The molecule has 0 saturated heterocycles. The Morgan fingerprint density at radius 1 is 1.30 bits per heavy atom. The molecule has 2 aromatic rings. The average molecular weight is 378 g/mol. The molecule has 0 saturated carbocycles. The quantitative estimate of drug-likeness (QED) is 0.617. The number of ether oxygens (including phenoxy) is 1. The number of halogens is 1. The zero-order valence-corrected chi connectivity index (χ0v) is 14.1. The number of furan rings is 1. The summed E-state index contributed by atoms with van der Waals surface area (Å²) < 4.78 is 10.7. The molecule has 0 fully saturated rings. The SMILES string of the molecule is COC(=O)CC(NC(=O)/C=C/c1ccco1)c1ccc(Br)cc1. The Bertz CT molecular complexity index is 677. The van der Waals surface area contributed by atoms with Crippen LogP contribution in [0.4, 0.5) is 0 Å². The molecule has 5 nitrogen and oxygen atoms in total. The lowest BCUT2D eigenvalue weighted by Crippen LogP contribution is -2.29. The number of hydrogen-bond acceptors (Lipinski definition) is 4. The lowest BCUT2D eigenvalue weighted by Gasteiger charge is -2.17. The van der Waals surface area contributed by atoms with Crippen LogP contribution in [0.2, 0.25) is 0 Å². The van der Waals surface area contributed by atoms with E-state index in [-0.39, 0.29) is 12.3 Å². The summed E-state index contributed by atoms with van der Waals surface area (Å²) in [4.78, 5) is 23.6. The minimum absolute atomic E-state index is 0.0540. The highest BCUT2D eigenvalue weighted by Gasteiger charge is 2.18. The summed E-state index contributed by atoms with van der Waals surface area (Å²) in [5.41, 5.74) is 0.818. The van der Waals surface area contributed by atoms with Gasteiger partial charge in [-0.15, -0.1) is 0 Å². The van der Waals surface area contributed by atoms with Gasteiger partial charge in [0.15, 0.2) is 0 Å². The number of nitrogens with one attached hydrogen (secondary N) is 1. The summed E-state index contributed by atoms with van der Waals surface area (Å²) in [6, 6.07) is 10.4. The molecule has 1 amide bonds. The number of benzene rings is 1. The standard InChI is InChI=1S/C17H16BrNO4/c1-22-17(21)11-15(12-4-6-13(18)7-5-12)19-16(20)9-8-14-3-2-10-23-14/h2-10,15H,11H2,1H3,(H,19,20)/b9-8+. The van der Waals surface area contributed by atoms with E-state index in [1.54, 1.807) is 18.2 Å². The van der Waals surface area contributed by atoms with Crippen molar-refractivity contribution in [1.29, 1.82) is 0 Å². The van der Waals surface area contributed by atoms with Crippen LogP contribution in [-0.4, -0.2) is 19.0 Å². The molecule has 1 N–H and O–H groups in total. The maximum Gasteiger partial charge on any atom is 0.307 e. The summed E-state index contributed by atoms with van der Waals surface area (Å²) in [6.45, 7) is 0. The van der Waals surface area contributed by atoms with Gasteiger partial charge in [-0.25, -0.2) is 0 Å². The predicted octanol–water partition coefficient (Wildman–Crippen LogP) is 3.48. The highest BCUT2D eigenvalue weighted by atomic mass is 79.9. The van der Waals surface area contributed by atoms with Crippen LogP contribution in [0.5, 0.6) is 0 Å². The summed E-state index contributed by atoms with van der Waals surface area (Å²) in [5, 5.41) is 2.80. The maximum absolute atomic E-state index is 12.1. The van der Waals surface area contributed by atoms with Crippen molar-refractivity contribution in [2.45, 2.75) is 12.5 Å². The molecular formula is C17H16BrNO4. The average Bonchev–Trinajstić information content (AvgIpc) is 3.06. The molecular weight excluding hydrogens is 362 g/mol. The summed E-state index contributed by atoms with van der Waals surface area (Å²) in [5.74, 6) is -0.139. The molecule has 1 aromatic carbocycles. The first-order chi connectivity index (χ1) is 11.1. The third-order valence-electron chi connectivity index (χ3n) is 3.13. The fourth-order valence-electron chi connectivity index (χ4n) is 1.96. The fourth-order valence-corrected chi connectivity index (χ4v) is 2.23. The molecule has 0 aliphatic rings. The zero-order chi connectivity index (χ0) is 16.7. The smallest absolute Gasteiger partial charge is 0.307 e. The van der Waals surface area contributed by atoms with E-state index in [1.165, 1.54) is 19.4 Å². The van der Waals surface area contributed by atoms with Gasteiger partial charge < -0.3 is 14.5 Å². The number of rotatable bonds is 6. The minimum atomic E-state index is -0.468. The van der Waals surface area contributed by atoms with Crippen molar-refractivity contribution in [3.63, 3.8) is 0 Å². The van der Waals surface area contributed by atoms with Crippen LogP contribution in [0.25, 0.3) is 6.08 Å². The number of amides is 1. The van der Waals surface area contributed by atoms with Crippen LogP contribution in [0.1, 0.15) is 23.8 Å². The highest BCUT2D eigenvalue weighted by Crippen LogP contribution is 2.20. The summed E-state index contributed by atoms with van der Waals surface area (Å²) in [7, 11) is 1.32. The number of hydrogen-bond donors (Lipinski definition) is 1. The summed E-state index contributed by atoms with van der Waals surface area (Å²) in [6.07, 6.45) is 4.51. The molecule has 0 spiro atoms. The van der Waals surface area contributed by atoms with Gasteiger partial charge in [0, 0.05) is 10.5 Å². The first kappa shape index (κ1) is 17.0. The number of methoxy groups -OCH3 is 1. The molecule has 0 aliphatic heterocycles. The van der Waals surface area contributed by atoms with Gasteiger partial charge >= 0.3 is 5.97 Å². The fraction of sp³-hybridized carbons (Fsp3) is 0.176. The van der Waals surface area contributed by atoms with Crippen LogP contribution < -0.4 is 5.32 Å². The molecule has 6 heteroatoms. The Hall–Kier alpha value is -2.34. The zero-order valence-electron chi connectivity index (χ0n) is 12.5. The van der Waals surface area contributed by atoms with E-state index in [2.05, 4.69) is 21.2 Å². The first-order valence-corrected chi connectivity index (χ1v) is 7.72. The van der Waals surface area contributed by atoms with Crippen molar-refractivity contribution in [2.75, 3.05) is 7.11 Å². The van der Waals surface area contributed by atoms with E-state index < -0.39 is 12.0 Å². The molecule has 0 aliphatic carbocycles. The molecule has 120 valence electrons. The van der Waals surface area contributed by atoms with Gasteiger partial charge in [0.05, 0.1) is 25.8 Å².